The summed E-state index contributed by atoms with van der Waals surface area (Å²) in [6.45, 7) is 3.24. The van der Waals surface area contributed by atoms with Gasteiger partial charge in [-0.25, -0.2) is 0 Å². The number of rotatable bonds is 7. The number of nitrogens with one attached hydrogen (secondary N) is 2. The molecule has 20 heavy (non-hydrogen) atoms. The summed E-state index contributed by atoms with van der Waals surface area (Å²) in [5.74, 6) is -1.19. The van der Waals surface area contributed by atoms with Gasteiger partial charge in [0.25, 0.3) is 0 Å². The van der Waals surface area contributed by atoms with E-state index < -0.39 is 11.9 Å². The van der Waals surface area contributed by atoms with Gasteiger partial charge in [-0.05, 0) is 18.7 Å². The Hall–Kier alpha value is -1.21. The van der Waals surface area contributed by atoms with E-state index in [9.17, 15) is 18.0 Å². The first-order valence-electron chi connectivity index (χ1n) is 6.21. The minimum absolute atomic E-state index is 0.217. The van der Waals surface area contributed by atoms with Gasteiger partial charge in [0.1, 0.15) is 0 Å². The molecule has 0 radical (unpaired) electrons. The predicted octanol–water partition coefficient (Wildman–Crippen LogP) is 3.28. The summed E-state index contributed by atoms with van der Waals surface area (Å²) in [5, 5.41) is 5.65. The van der Waals surface area contributed by atoms with Crippen molar-refractivity contribution in [1.29, 1.82) is 0 Å². The summed E-state index contributed by atoms with van der Waals surface area (Å²) in [6, 6.07) is 6.49. The van der Waals surface area contributed by atoms with Gasteiger partial charge < -0.3 is 10.6 Å². The fourth-order valence-electron chi connectivity index (χ4n) is 1.45. The van der Waals surface area contributed by atoms with Crippen molar-refractivity contribution < 1.29 is 18.0 Å². The number of para-hydroxylation sites is 1. The van der Waals surface area contributed by atoms with Crippen LogP contribution in [-0.4, -0.2) is 30.9 Å². The van der Waals surface area contributed by atoms with Crippen LogP contribution < -0.4 is 10.6 Å². The molecule has 0 atom stereocenters. The highest BCUT2D eigenvalue weighted by Gasteiger charge is 2.27. The van der Waals surface area contributed by atoms with Gasteiger partial charge in [-0.2, -0.15) is 13.2 Å². The maximum Gasteiger partial charge on any atom is 0.398 e. The minimum Gasteiger partial charge on any atom is -0.325 e. The summed E-state index contributed by atoms with van der Waals surface area (Å²) >= 11 is 0.669. The van der Waals surface area contributed by atoms with Gasteiger partial charge in [0.15, 0.2) is 0 Å². The highest BCUT2D eigenvalue weighted by Crippen LogP contribution is 2.32. The second-order valence-corrected chi connectivity index (χ2v) is 5.07. The number of halogens is 3. The number of hydrogen-bond donors (Lipinski definition) is 2. The lowest BCUT2D eigenvalue weighted by Gasteiger charge is -2.12. The molecule has 3 nitrogen and oxygen atoms in total. The number of thioether (sulfide) groups is 1. The van der Waals surface area contributed by atoms with Gasteiger partial charge >= 0.3 is 6.18 Å². The molecular formula is C13H17F3N2OS. The van der Waals surface area contributed by atoms with Gasteiger partial charge in [-0.3, -0.25) is 4.79 Å². The molecule has 0 aliphatic heterocycles. The van der Waals surface area contributed by atoms with Crippen molar-refractivity contribution in [3.63, 3.8) is 0 Å². The maximum atomic E-state index is 12.2. The van der Waals surface area contributed by atoms with Crippen molar-refractivity contribution in [1.82, 2.24) is 5.32 Å². The smallest absolute Gasteiger partial charge is 0.325 e. The number of carbonyl (C=O) groups is 1. The van der Waals surface area contributed by atoms with Crippen LogP contribution in [0.1, 0.15) is 13.3 Å². The molecule has 0 bridgehead atoms. The molecule has 1 rings (SSSR count). The third-order valence-electron chi connectivity index (χ3n) is 2.33. The van der Waals surface area contributed by atoms with Crippen LogP contribution in [0.2, 0.25) is 0 Å². The van der Waals surface area contributed by atoms with Gasteiger partial charge in [-0.15, -0.1) is 11.8 Å². The van der Waals surface area contributed by atoms with Crippen molar-refractivity contribution in [2.45, 2.75) is 24.4 Å². The van der Waals surface area contributed by atoms with E-state index in [0.29, 0.717) is 28.9 Å². The number of anilines is 1. The van der Waals surface area contributed by atoms with Crippen LogP contribution in [0.3, 0.4) is 0 Å². The Balaban J connectivity index is 2.58. The molecule has 1 aromatic rings. The zero-order valence-electron chi connectivity index (χ0n) is 11.1. The van der Waals surface area contributed by atoms with E-state index in [1.165, 1.54) is 0 Å². The Labute approximate surface area is 120 Å². The number of alkyl halides is 3. The van der Waals surface area contributed by atoms with Crippen LogP contribution in [0.15, 0.2) is 29.2 Å². The summed E-state index contributed by atoms with van der Waals surface area (Å²) in [5.41, 5.74) is 0.420. The van der Waals surface area contributed by atoms with E-state index >= 15 is 0 Å². The van der Waals surface area contributed by atoms with Crippen LogP contribution in [0.25, 0.3) is 0 Å². The number of hydrogen-bond acceptors (Lipinski definition) is 3. The topological polar surface area (TPSA) is 41.1 Å². The number of benzene rings is 1. The molecule has 0 aliphatic carbocycles. The van der Waals surface area contributed by atoms with E-state index in [1.807, 2.05) is 6.92 Å². The van der Waals surface area contributed by atoms with E-state index in [4.69, 9.17) is 0 Å². The van der Waals surface area contributed by atoms with Crippen LogP contribution in [0.5, 0.6) is 0 Å². The van der Waals surface area contributed by atoms with E-state index in [-0.39, 0.29) is 12.3 Å². The second kappa shape index (κ2) is 8.16. The zero-order chi connectivity index (χ0) is 15.0. The lowest BCUT2D eigenvalue weighted by molar-refractivity contribution is -0.116. The Morgan fingerprint density at radius 2 is 2.00 bits per heavy atom. The molecule has 0 aromatic heterocycles. The summed E-state index contributed by atoms with van der Waals surface area (Å²) in [4.78, 5) is 12.1. The zero-order valence-corrected chi connectivity index (χ0v) is 11.9. The standard InChI is InChI=1S/C13H17F3N2OS/c1-2-17-8-7-12(19)18-10-5-3-4-6-11(10)20-9-13(14,15)16/h3-6,17H,2,7-9H2,1H3,(H,18,19). The van der Waals surface area contributed by atoms with Gasteiger partial charge in [0, 0.05) is 17.9 Å². The third-order valence-corrected chi connectivity index (χ3v) is 3.47. The molecule has 0 spiro atoms. The summed E-state index contributed by atoms with van der Waals surface area (Å²) < 4.78 is 36.7. The van der Waals surface area contributed by atoms with Gasteiger partial charge in [0.05, 0.1) is 11.4 Å². The molecule has 112 valence electrons. The minimum atomic E-state index is -4.23. The molecule has 0 unspecified atom stereocenters. The lowest BCUT2D eigenvalue weighted by atomic mass is 10.3. The quantitative estimate of drug-likeness (QED) is 0.600. The normalized spacial score (nSPS) is 11.4. The first-order chi connectivity index (χ1) is 9.42. The molecule has 0 saturated carbocycles. The number of carbonyl (C=O) groups excluding carboxylic acids is 1. The SMILES string of the molecule is CCNCCC(=O)Nc1ccccc1SCC(F)(F)F. The first-order valence-corrected chi connectivity index (χ1v) is 7.20. The average molecular weight is 306 g/mol. The molecule has 0 fully saturated rings. The Kier molecular flexibility index (Phi) is 6.87. The summed E-state index contributed by atoms with van der Waals surface area (Å²) in [6.07, 6.45) is -3.95. The number of amides is 1. The molecule has 0 aliphatic rings. The van der Waals surface area contributed by atoms with Crippen LogP contribution in [0.4, 0.5) is 18.9 Å². The van der Waals surface area contributed by atoms with Crippen molar-refractivity contribution in [2.75, 3.05) is 24.2 Å². The molecule has 0 heterocycles. The van der Waals surface area contributed by atoms with Crippen LogP contribution >= 0.6 is 11.8 Å². The Morgan fingerprint density at radius 1 is 1.30 bits per heavy atom. The highest BCUT2D eigenvalue weighted by molar-refractivity contribution is 7.99. The van der Waals surface area contributed by atoms with Gasteiger partial charge in [0.2, 0.25) is 5.91 Å². The van der Waals surface area contributed by atoms with E-state index in [2.05, 4.69) is 10.6 Å². The molecule has 1 amide bonds. The Bertz CT molecular complexity index is 438. The fourth-order valence-corrected chi connectivity index (χ4v) is 2.22. The predicted molar refractivity (Wildman–Crippen MR) is 75.0 cm³/mol. The first kappa shape index (κ1) is 16.8. The average Bonchev–Trinajstić information content (AvgIpc) is 2.37. The highest BCUT2D eigenvalue weighted by atomic mass is 32.2. The van der Waals surface area contributed by atoms with Crippen molar-refractivity contribution >= 4 is 23.4 Å². The third kappa shape index (κ3) is 6.81. The molecule has 2 N–H and O–H groups in total. The molecule has 7 heteroatoms. The fraction of sp³-hybridized carbons (Fsp3) is 0.462. The molecule has 1 aromatic carbocycles. The largest absolute Gasteiger partial charge is 0.398 e. The maximum absolute atomic E-state index is 12.2. The lowest BCUT2D eigenvalue weighted by Crippen LogP contribution is -2.21. The molecule has 0 saturated heterocycles. The second-order valence-electron chi connectivity index (χ2n) is 4.05. The van der Waals surface area contributed by atoms with Crippen molar-refractivity contribution in [2.24, 2.45) is 0 Å². The van der Waals surface area contributed by atoms with Gasteiger partial charge in [-0.1, -0.05) is 19.1 Å². The van der Waals surface area contributed by atoms with E-state index in [1.54, 1.807) is 24.3 Å². The van der Waals surface area contributed by atoms with Crippen LogP contribution in [-0.2, 0) is 4.79 Å². The molecular weight excluding hydrogens is 289 g/mol. The Morgan fingerprint density at radius 3 is 2.65 bits per heavy atom. The van der Waals surface area contributed by atoms with Crippen LogP contribution in [0, 0.1) is 0 Å². The van der Waals surface area contributed by atoms with E-state index in [0.717, 1.165) is 6.54 Å². The van der Waals surface area contributed by atoms with Crippen molar-refractivity contribution in [3.05, 3.63) is 24.3 Å². The monoisotopic (exact) mass is 306 g/mol. The van der Waals surface area contributed by atoms with Crippen molar-refractivity contribution in [3.8, 4) is 0 Å². The summed E-state index contributed by atoms with van der Waals surface area (Å²) in [7, 11) is 0.